The molecule has 0 N–H and O–H groups in total. The first-order valence-electron chi connectivity index (χ1n) is 13.6. The summed E-state index contributed by atoms with van der Waals surface area (Å²) in [5.41, 5.74) is 5.34. The van der Waals surface area contributed by atoms with Gasteiger partial charge in [0.25, 0.3) is 0 Å². The van der Waals surface area contributed by atoms with Gasteiger partial charge >= 0.3 is 0 Å². The number of benzene rings is 3. The molecule has 0 unspecified atom stereocenters. The number of azo groups is 1. The van der Waals surface area contributed by atoms with Gasteiger partial charge in [-0.3, -0.25) is 4.99 Å². The number of aliphatic imine (C=N–C) groups is 1. The van der Waals surface area contributed by atoms with Crippen LogP contribution in [0.4, 0.5) is 22.7 Å². The molecule has 0 spiro atoms. The molecule has 0 radical (unpaired) electrons. The summed E-state index contributed by atoms with van der Waals surface area (Å²) in [6.45, 7) is 6.76. The van der Waals surface area contributed by atoms with Gasteiger partial charge in [-0.05, 0) is 79.1 Å². The number of unbranched alkanes of at least 4 members (excludes halogenated alkanes) is 6. The van der Waals surface area contributed by atoms with E-state index in [4.69, 9.17) is 5.26 Å². The minimum atomic E-state index is 0.642. The molecule has 0 aliphatic rings. The highest BCUT2D eigenvalue weighted by Crippen LogP contribution is 2.24. The molecule has 0 heterocycles. The summed E-state index contributed by atoms with van der Waals surface area (Å²) in [7, 11) is 0. The summed E-state index contributed by atoms with van der Waals surface area (Å²) in [5, 5.41) is 17.7. The fraction of sp³-hybridized carbons (Fsp3) is 0.375. The number of rotatable bonds is 15. The number of anilines is 1. The molecule has 0 bridgehead atoms. The van der Waals surface area contributed by atoms with Gasteiger partial charge in [-0.25, -0.2) is 0 Å². The predicted molar refractivity (Wildman–Crippen MR) is 156 cm³/mol. The van der Waals surface area contributed by atoms with Crippen LogP contribution in [-0.2, 0) is 0 Å². The Balaban J connectivity index is 1.56. The molecular weight excluding hydrogens is 454 g/mol. The zero-order chi connectivity index (χ0) is 26.1. The van der Waals surface area contributed by atoms with Gasteiger partial charge in [-0.15, -0.1) is 0 Å². The third kappa shape index (κ3) is 10.0. The summed E-state index contributed by atoms with van der Waals surface area (Å²) in [6.07, 6.45) is 12.0. The van der Waals surface area contributed by atoms with Gasteiger partial charge in [-0.2, -0.15) is 15.5 Å². The molecule has 0 saturated heterocycles. The Morgan fingerprint density at radius 1 is 0.649 bits per heavy atom. The van der Waals surface area contributed by atoms with Crippen LogP contribution in [0.5, 0.6) is 0 Å². The molecule has 0 fully saturated rings. The molecule has 5 heteroatoms. The van der Waals surface area contributed by atoms with Crippen LogP contribution in [0.15, 0.2) is 88.0 Å². The van der Waals surface area contributed by atoms with E-state index in [1.54, 1.807) is 18.3 Å². The van der Waals surface area contributed by atoms with E-state index in [9.17, 15) is 0 Å². The fourth-order valence-corrected chi connectivity index (χ4v) is 4.07. The van der Waals surface area contributed by atoms with Crippen LogP contribution in [0.3, 0.4) is 0 Å². The number of nitriles is 1. The lowest BCUT2D eigenvalue weighted by molar-refractivity contribution is 0.609. The summed E-state index contributed by atoms with van der Waals surface area (Å²) < 4.78 is 0. The second kappa shape index (κ2) is 16.1. The number of nitrogens with zero attached hydrogens (tertiary/aromatic N) is 5. The Bertz CT molecular complexity index is 1130. The first kappa shape index (κ1) is 27.8. The van der Waals surface area contributed by atoms with Gasteiger partial charge in [0.1, 0.15) is 0 Å². The molecule has 3 rings (SSSR count). The van der Waals surface area contributed by atoms with Crippen molar-refractivity contribution in [2.24, 2.45) is 15.2 Å². The van der Waals surface area contributed by atoms with Crippen LogP contribution < -0.4 is 4.90 Å². The number of hydrogen-bond donors (Lipinski definition) is 0. The van der Waals surface area contributed by atoms with Gasteiger partial charge in [0.2, 0.25) is 0 Å². The topological polar surface area (TPSA) is 64.1 Å². The molecule has 3 aromatic rings. The average molecular weight is 494 g/mol. The standard InChI is InChI=1S/C32H39N5/c1-3-5-7-9-23-37(24-10-8-6-4-2)32-21-19-31(20-22-32)36-35-30-17-15-29(16-18-30)34-26-28-13-11-27(25-33)12-14-28/h11-22,26H,3-10,23-24H2,1-2H3. The first-order valence-corrected chi connectivity index (χ1v) is 13.6. The van der Waals surface area contributed by atoms with E-state index in [1.807, 2.05) is 36.4 Å². The predicted octanol–water partition coefficient (Wildman–Crippen LogP) is 9.69. The summed E-state index contributed by atoms with van der Waals surface area (Å²) >= 11 is 0. The molecule has 37 heavy (non-hydrogen) atoms. The lowest BCUT2D eigenvalue weighted by atomic mass is 10.1. The van der Waals surface area contributed by atoms with Crippen LogP contribution in [0.2, 0.25) is 0 Å². The summed E-state index contributed by atoms with van der Waals surface area (Å²) in [6, 6.07) is 25.6. The number of hydrogen-bond acceptors (Lipinski definition) is 5. The van der Waals surface area contributed by atoms with Crippen molar-refractivity contribution >= 4 is 29.0 Å². The molecule has 5 nitrogen and oxygen atoms in total. The van der Waals surface area contributed by atoms with Crippen molar-refractivity contribution in [1.82, 2.24) is 0 Å². The van der Waals surface area contributed by atoms with Crippen molar-refractivity contribution in [2.45, 2.75) is 65.2 Å². The van der Waals surface area contributed by atoms with Gasteiger partial charge in [0.05, 0.1) is 28.7 Å². The quantitative estimate of drug-likeness (QED) is 0.120. The zero-order valence-corrected chi connectivity index (χ0v) is 22.3. The second-order valence-corrected chi connectivity index (χ2v) is 9.33. The normalized spacial score (nSPS) is 11.3. The monoisotopic (exact) mass is 493 g/mol. The van der Waals surface area contributed by atoms with Crippen LogP contribution >= 0.6 is 0 Å². The molecule has 0 amide bonds. The molecule has 3 aromatic carbocycles. The third-order valence-electron chi connectivity index (χ3n) is 6.31. The van der Waals surface area contributed by atoms with Crippen LogP contribution in [0.1, 0.15) is 76.3 Å². The second-order valence-electron chi connectivity index (χ2n) is 9.33. The van der Waals surface area contributed by atoms with E-state index in [0.717, 1.165) is 35.7 Å². The lowest BCUT2D eigenvalue weighted by Gasteiger charge is -2.25. The Kier molecular flexibility index (Phi) is 12.1. The zero-order valence-electron chi connectivity index (χ0n) is 22.3. The largest absolute Gasteiger partial charge is 0.372 e. The van der Waals surface area contributed by atoms with Crippen molar-refractivity contribution in [2.75, 3.05) is 18.0 Å². The Morgan fingerprint density at radius 2 is 1.16 bits per heavy atom. The maximum absolute atomic E-state index is 8.90. The van der Waals surface area contributed by atoms with Crippen LogP contribution in [0, 0.1) is 11.3 Å². The Labute approximate surface area is 222 Å². The molecule has 192 valence electrons. The molecule has 0 aromatic heterocycles. The Morgan fingerprint density at radius 3 is 1.68 bits per heavy atom. The van der Waals surface area contributed by atoms with Crippen molar-refractivity contribution in [1.29, 1.82) is 5.26 Å². The van der Waals surface area contributed by atoms with Gasteiger partial charge in [0, 0.05) is 25.0 Å². The highest BCUT2D eigenvalue weighted by atomic mass is 15.1. The van der Waals surface area contributed by atoms with Crippen molar-refractivity contribution in [3.63, 3.8) is 0 Å². The smallest absolute Gasteiger partial charge is 0.0991 e. The fourth-order valence-electron chi connectivity index (χ4n) is 4.07. The summed E-state index contributed by atoms with van der Waals surface area (Å²) in [5.74, 6) is 0. The van der Waals surface area contributed by atoms with Crippen molar-refractivity contribution < 1.29 is 0 Å². The van der Waals surface area contributed by atoms with E-state index in [0.29, 0.717) is 5.56 Å². The SMILES string of the molecule is CCCCCCN(CCCCCC)c1ccc(N=Nc2ccc(N=Cc3ccc(C#N)cc3)cc2)cc1. The van der Waals surface area contributed by atoms with Gasteiger partial charge in [-0.1, -0.05) is 64.5 Å². The van der Waals surface area contributed by atoms with E-state index in [1.165, 1.54) is 57.1 Å². The van der Waals surface area contributed by atoms with E-state index < -0.39 is 0 Å². The van der Waals surface area contributed by atoms with Crippen LogP contribution in [0.25, 0.3) is 0 Å². The minimum absolute atomic E-state index is 0.642. The summed E-state index contributed by atoms with van der Waals surface area (Å²) in [4.78, 5) is 7.03. The van der Waals surface area contributed by atoms with E-state index in [-0.39, 0.29) is 0 Å². The van der Waals surface area contributed by atoms with Gasteiger partial charge < -0.3 is 4.90 Å². The molecule has 0 saturated carbocycles. The highest BCUT2D eigenvalue weighted by Gasteiger charge is 2.06. The molecule has 0 atom stereocenters. The third-order valence-corrected chi connectivity index (χ3v) is 6.31. The van der Waals surface area contributed by atoms with E-state index in [2.05, 4.69) is 64.3 Å². The van der Waals surface area contributed by atoms with Gasteiger partial charge in [0.15, 0.2) is 0 Å². The highest BCUT2D eigenvalue weighted by molar-refractivity contribution is 5.82. The first-order chi connectivity index (χ1) is 18.2. The Hall–Kier alpha value is -3.78. The lowest BCUT2D eigenvalue weighted by Crippen LogP contribution is -2.25. The van der Waals surface area contributed by atoms with Crippen LogP contribution in [-0.4, -0.2) is 19.3 Å². The maximum atomic E-state index is 8.90. The minimum Gasteiger partial charge on any atom is -0.372 e. The molecule has 0 aliphatic carbocycles. The van der Waals surface area contributed by atoms with Crippen molar-refractivity contribution in [3.8, 4) is 6.07 Å². The average Bonchev–Trinajstić information content (AvgIpc) is 2.95. The maximum Gasteiger partial charge on any atom is 0.0991 e. The molecule has 0 aliphatic heterocycles. The van der Waals surface area contributed by atoms with E-state index >= 15 is 0 Å². The molecular formula is C32H39N5. The van der Waals surface area contributed by atoms with Crippen molar-refractivity contribution in [3.05, 3.63) is 83.9 Å².